The van der Waals surface area contributed by atoms with E-state index in [-0.39, 0.29) is 0 Å². The SMILES string of the molecule is CCC1CNC(C(C)C)CN1CCc1cccc(OC)c1. The average molecular weight is 290 g/mol. The fourth-order valence-electron chi connectivity index (χ4n) is 3.11. The van der Waals surface area contributed by atoms with Gasteiger partial charge in [0.2, 0.25) is 0 Å². The highest BCUT2D eigenvalue weighted by atomic mass is 16.5. The van der Waals surface area contributed by atoms with Crippen LogP contribution in [0.3, 0.4) is 0 Å². The highest BCUT2D eigenvalue weighted by Gasteiger charge is 2.27. The predicted octanol–water partition coefficient (Wildman–Crippen LogP) is 2.95. The van der Waals surface area contributed by atoms with Gasteiger partial charge in [-0.15, -0.1) is 0 Å². The molecule has 0 saturated carbocycles. The van der Waals surface area contributed by atoms with Gasteiger partial charge in [-0.1, -0.05) is 32.9 Å². The second-order valence-electron chi connectivity index (χ2n) is 6.42. The molecule has 1 aromatic rings. The van der Waals surface area contributed by atoms with Gasteiger partial charge in [-0.2, -0.15) is 0 Å². The molecule has 3 nitrogen and oxygen atoms in total. The van der Waals surface area contributed by atoms with Gasteiger partial charge in [0.15, 0.2) is 0 Å². The molecule has 0 spiro atoms. The van der Waals surface area contributed by atoms with Crippen molar-refractivity contribution in [3.63, 3.8) is 0 Å². The molecule has 21 heavy (non-hydrogen) atoms. The van der Waals surface area contributed by atoms with Crippen molar-refractivity contribution in [2.75, 3.05) is 26.7 Å². The molecule has 118 valence electrons. The highest BCUT2D eigenvalue weighted by Crippen LogP contribution is 2.17. The summed E-state index contributed by atoms with van der Waals surface area (Å²) in [5.74, 6) is 1.65. The summed E-state index contributed by atoms with van der Waals surface area (Å²) >= 11 is 0. The van der Waals surface area contributed by atoms with Crippen LogP contribution in [0.25, 0.3) is 0 Å². The van der Waals surface area contributed by atoms with E-state index in [1.165, 1.54) is 18.5 Å². The van der Waals surface area contributed by atoms with Crippen molar-refractivity contribution in [1.29, 1.82) is 0 Å². The van der Waals surface area contributed by atoms with Crippen LogP contribution in [0, 0.1) is 5.92 Å². The standard InChI is InChI=1S/C18H30N2O/c1-5-16-12-19-18(14(2)3)13-20(16)10-9-15-7-6-8-17(11-15)21-4/h6-8,11,14,16,18-19H,5,9-10,12-13H2,1-4H3. The van der Waals surface area contributed by atoms with Crippen molar-refractivity contribution < 1.29 is 4.74 Å². The minimum atomic E-state index is 0.623. The summed E-state index contributed by atoms with van der Waals surface area (Å²) in [4.78, 5) is 2.67. The lowest BCUT2D eigenvalue weighted by atomic mass is 9.98. The predicted molar refractivity (Wildman–Crippen MR) is 89.0 cm³/mol. The molecule has 0 radical (unpaired) electrons. The van der Waals surface area contributed by atoms with Crippen LogP contribution in [0.1, 0.15) is 32.8 Å². The smallest absolute Gasteiger partial charge is 0.119 e. The minimum Gasteiger partial charge on any atom is -0.497 e. The number of nitrogens with one attached hydrogen (secondary N) is 1. The first-order chi connectivity index (χ1) is 10.1. The van der Waals surface area contributed by atoms with E-state index in [2.05, 4.69) is 49.2 Å². The molecule has 2 atom stereocenters. The van der Waals surface area contributed by atoms with E-state index in [4.69, 9.17) is 4.74 Å². The molecule has 2 rings (SSSR count). The zero-order valence-electron chi connectivity index (χ0n) is 13.9. The molecule has 0 aromatic heterocycles. The second-order valence-corrected chi connectivity index (χ2v) is 6.42. The average Bonchev–Trinajstić information content (AvgIpc) is 2.52. The molecular formula is C18H30N2O. The van der Waals surface area contributed by atoms with E-state index < -0.39 is 0 Å². The Morgan fingerprint density at radius 2 is 2.19 bits per heavy atom. The summed E-state index contributed by atoms with van der Waals surface area (Å²) in [7, 11) is 1.73. The molecular weight excluding hydrogens is 260 g/mol. The molecule has 1 aliphatic rings. The summed E-state index contributed by atoms with van der Waals surface area (Å²) < 4.78 is 5.31. The number of hydrogen-bond donors (Lipinski definition) is 1. The Morgan fingerprint density at radius 3 is 2.86 bits per heavy atom. The Labute approximate surface area is 129 Å². The number of benzene rings is 1. The maximum absolute atomic E-state index is 5.31. The van der Waals surface area contributed by atoms with Gasteiger partial charge in [0.25, 0.3) is 0 Å². The summed E-state index contributed by atoms with van der Waals surface area (Å²) in [6.45, 7) is 10.3. The fraction of sp³-hybridized carbons (Fsp3) is 0.667. The maximum atomic E-state index is 5.31. The summed E-state index contributed by atoms with van der Waals surface area (Å²) in [5, 5.41) is 3.70. The molecule has 1 heterocycles. The zero-order valence-corrected chi connectivity index (χ0v) is 13.9. The third kappa shape index (κ3) is 4.45. The van der Waals surface area contributed by atoms with E-state index in [9.17, 15) is 0 Å². The summed E-state index contributed by atoms with van der Waals surface area (Å²) in [6.07, 6.45) is 2.31. The van der Waals surface area contributed by atoms with Crippen LogP contribution >= 0.6 is 0 Å². The van der Waals surface area contributed by atoms with Gasteiger partial charge >= 0.3 is 0 Å². The molecule has 1 aliphatic heterocycles. The molecule has 1 N–H and O–H groups in total. The van der Waals surface area contributed by atoms with Gasteiger partial charge in [-0.05, 0) is 36.5 Å². The van der Waals surface area contributed by atoms with Crippen LogP contribution in [-0.4, -0.2) is 43.7 Å². The third-order valence-corrected chi connectivity index (χ3v) is 4.66. The first-order valence-corrected chi connectivity index (χ1v) is 8.24. The molecule has 2 unspecified atom stereocenters. The first kappa shape index (κ1) is 16.3. The highest BCUT2D eigenvalue weighted by molar-refractivity contribution is 5.28. The molecule has 1 fully saturated rings. The van der Waals surface area contributed by atoms with E-state index in [1.54, 1.807) is 7.11 Å². The van der Waals surface area contributed by atoms with Gasteiger partial charge in [-0.25, -0.2) is 0 Å². The van der Waals surface area contributed by atoms with Gasteiger partial charge in [0.05, 0.1) is 7.11 Å². The van der Waals surface area contributed by atoms with Gasteiger partial charge < -0.3 is 10.1 Å². The largest absolute Gasteiger partial charge is 0.497 e. The number of ether oxygens (including phenoxy) is 1. The van der Waals surface area contributed by atoms with Crippen molar-refractivity contribution >= 4 is 0 Å². The minimum absolute atomic E-state index is 0.623. The lowest BCUT2D eigenvalue weighted by molar-refractivity contribution is 0.112. The van der Waals surface area contributed by atoms with Crippen molar-refractivity contribution in [2.24, 2.45) is 5.92 Å². The lowest BCUT2D eigenvalue weighted by Crippen LogP contribution is -2.58. The van der Waals surface area contributed by atoms with Crippen LogP contribution in [0.15, 0.2) is 24.3 Å². The Morgan fingerprint density at radius 1 is 1.38 bits per heavy atom. The first-order valence-electron chi connectivity index (χ1n) is 8.24. The van der Waals surface area contributed by atoms with Gasteiger partial charge in [-0.3, -0.25) is 4.90 Å². The monoisotopic (exact) mass is 290 g/mol. The Kier molecular flexibility index (Phi) is 6.07. The van der Waals surface area contributed by atoms with Crippen LogP contribution in [0.4, 0.5) is 0 Å². The van der Waals surface area contributed by atoms with Gasteiger partial charge in [0.1, 0.15) is 5.75 Å². The number of hydrogen-bond acceptors (Lipinski definition) is 3. The van der Waals surface area contributed by atoms with Crippen molar-refractivity contribution in [2.45, 2.75) is 45.7 Å². The Bertz CT molecular complexity index is 433. The molecule has 1 saturated heterocycles. The topological polar surface area (TPSA) is 24.5 Å². The Hall–Kier alpha value is -1.06. The summed E-state index contributed by atoms with van der Waals surface area (Å²) in [6, 6.07) is 9.75. The quantitative estimate of drug-likeness (QED) is 0.872. The molecule has 3 heteroatoms. The number of piperazine rings is 1. The lowest BCUT2D eigenvalue weighted by Gasteiger charge is -2.41. The maximum Gasteiger partial charge on any atom is 0.119 e. The number of methoxy groups -OCH3 is 1. The normalized spacial score (nSPS) is 23.5. The van der Waals surface area contributed by atoms with Crippen molar-refractivity contribution in [1.82, 2.24) is 10.2 Å². The van der Waals surface area contributed by atoms with E-state index >= 15 is 0 Å². The second kappa shape index (κ2) is 7.81. The van der Waals surface area contributed by atoms with E-state index in [0.29, 0.717) is 18.0 Å². The number of rotatable bonds is 6. The fourth-order valence-corrected chi connectivity index (χ4v) is 3.11. The van der Waals surface area contributed by atoms with Crippen LogP contribution in [0.2, 0.25) is 0 Å². The Balaban J connectivity index is 1.95. The van der Waals surface area contributed by atoms with Gasteiger partial charge in [0, 0.05) is 31.7 Å². The number of nitrogens with zero attached hydrogens (tertiary/aromatic N) is 1. The van der Waals surface area contributed by atoms with Crippen LogP contribution in [-0.2, 0) is 6.42 Å². The van der Waals surface area contributed by atoms with Crippen LogP contribution < -0.4 is 10.1 Å². The van der Waals surface area contributed by atoms with Crippen LogP contribution in [0.5, 0.6) is 5.75 Å². The third-order valence-electron chi connectivity index (χ3n) is 4.66. The molecule has 0 aliphatic carbocycles. The summed E-state index contributed by atoms with van der Waals surface area (Å²) in [5.41, 5.74) is 1.36. The van der Waals surface area contributed by atoms with E-state index in [1.807, 2.05) is 6.07 Å². The van der Waals surface area contributed by atoms with E-state index in [0.717, 1.165) is 25.3 Å². The zero-order chi connectivity index (χ0) is 15.2. The van der Waals surface area contributed by atoms with Crippen molar-refractivity contribution in [3.05, 3.63) is 29.8 Å². The molecule has 0 amide bonds. The molecule has 1 aromatic carbocycles. The molecule has 0 bridgehead atoms. The van der Waals surface area contributed by atoms with Crippen molar-refractivity contribution in [3.8, 4) is 5.75 Å².